The fourth-order valence-electron chi connectivity index (χ4n) is 3.99. The third-order valence-electron chi connectivity index (χ3n) is 5.13. The predicted octanol–water partition coefficient (Wildman–Crippen LogP) is 1.54. The first-order valence-electron chi connectivity index (χ1n) is 9.13. The monoisotopic (exact) mass is 360 g/mol. The molecule has 0 bridgehead atoms. The molecule has 3 atom stereocenters. The molecule has 0 aromatic heterocycles. The van der Waals surface area contributed by atoms with Crippen molar-refractivity contribution in [2.24, 2.45) is 0 Å². The van der Waals surface area contributed by atoms with Crippen LogP contribution in [0.1, 0.15) is 32.3 Å². The quantitative estimate of drug-likeness (QED) is 0.818. The topological polar surface area (TPSA) is 68.3 Å². The van der Waals surface area contributed by atoms with E-state index in [9.17, 15) is 9.59 Å². The van der Waals surface area contributed by atoms with Gasteiger partial charge in [0.05, 0.1) is 12.2 Å². The number of carbonyl (C=O) groups excluding carboxylic acids is 2. The fourth-order valence-corrected chi connectivity index (χ4v) is 3.99. The zero-order chi connectivity index (χ0) is 18.3. The Morgan fingerprint density at radius 3 is 2.65 bits per heavy atom. The summed E-state index contributed by atoms with van der Waals surface area (Å²) in [5.74, 6) is 1.45. The number of benzene rings is 1. The largest absolute Gasteiger partial charge is 0.454 e. The van der Waals surface area contributed by atoms with Crippen molar-refractivity contribution in [3.63, 3.8) is 0 Å². The summed E-state index contributed by atoms with van der Waals surface area (Å²) in [5, 5.41) is 0. The number of carbonyl (C=O) groups is 2. The van der Waals surface area contributed by atoms with Gasteiger partial charge in [0, 0.05) is 26.1 Å². The number of ether oxygens (including phenoxy) is 3. The van der Waals surface area contributed by atoms with Gasteiger partial charge in [0.1, 0.15) is 6.04 Å². The standard InChI is InChI=1S/C19H24N2O5/c1-12-8-20(9-13(2)26-12)19(23)15-4-6-18(22)21(15)10-14-3-5-16-17(7-14)25-11-24-16/h3,5,7,12-13,15H,4,6,8-11H2,1-2H3. The smallest absolute Gasteiger partial charge is 0.245 e. The summed E-state index contributed by atoms with van der Waals surface area (Å²) in [6.07, 6.45) is 1.02. The first kappa shape index (κ1) is 17.1. The molecule has 1 aromatic rings. The first-order valence-corrected chi connectivity index (χ1v) is 9.13. The molecular formula is C19H24N2O5. The Morgan fingerprint density at radius 1 is 1.15 bits per heavy atom. The molecule has 0 aliphatic carbocycles. The van der Waals surface area contributed by atoms with E-state index in [-0.39, 0.29) is 30.8 Å². The van der Waals surface area contributed by atoms with Gasteiger partial charge in [0.25, 0.3) is 0 Å². The number of nitrogens with zero attached hydrogens (tertiary/aromatic N) is 2. The number of fused-ring (bicyclic) bond motifs is 1. The van der Waals surface area contributed by atoms with Gasteiger partial charge in [-0.25, -0.2) is 0 Å². The molecule has 0 saturated carbocycles. The molecular weight excluding hydrogens is 336 g/mol. The molecule has 3 heterocycles. The molecule has 140 valence electrons. The molecule has 4 rings (SSSR count). The van der Waals surface area contributed by atoms with Gasteiger partial charge in [0.2, 0.25) is 18.6 Å². The summed E-state index contributed by atoms with van der Waals surface area (Å²) in [6.45, 7) is 5.72. The lowest BCUT2D eigenvalue weighted by Crippen LogP contribution is -2.54. The lowest BCUT2D eigenvalue weighted by molar-refractivity contribution is -0.150. The molecule has 1 aromatic carbocycles. The number of morpholine rings is 1. The molecule has 26 heavy (non-hydrogen) atoms. The molecule has 0 N–H and O–H groups in total. The van der Waals surface area contributed by atoms with Gasteiger partial charge >= 0.3 is 0 Å². The van der Waals surface area contributed by atoms with E-state index in [2.05, 4.69) is 0 Å². The zero-order valence-electron chi connectivity index (χ0n) is 15.1. The van der Waals surface area contributed by atoms with Crippen LogP contribution in [0.3, 0.4) is 0 Å². The van der Waals surface area contributed by atoms with E-state index < -0.39 is 6.04 Å². The van der Waals surface area contributed by atoms with Gasteiger partial charge in [-0.3, -0.25) is 9.59 Å². The Bertz CT molecular complexity index is 712. The maximum absolute atomic E-state index is 13.1. The highest BCUT2D eigenvalue weighted by Crippen LogP contribution is 2.34. The minimum Gasteiger partial charge on any atom is -0.454 e. The van der Waals surface area contributed by atoms with Gasteiger partial charge < -0.3 is 24.0 Å². The Labute approximate surface area is 152 Å². The first-order chi connectivity index (χ1) is 12.5. The molecule has 0 spiro atoms. The van der Waals surface area contributed by atoms with Crippen molar-refractivity contribution in [2.45, 2.75) is 51.5 Å². The molecule has 2 saturated heterocycles. The SMILES string of the molecule is CC1CN(C(=O)C2CCC(=O)N2Cc2ccc3c(c2)OCO3)CC(C)O1. The van der Waals surface area contributed by atoms with Crippen LogP contribution in [0.2, 0.25) is 0 Å². The molecule has 3 aliphatic rings. The highest BCUT2D eigenvalue weighted by atomic mass is 16.7. The van der Waals surface area contributed by atoms with Gasteiger partial charge in [-0.2, -0.15) is 0 Å². The van der Waals surface area contributed by atoms with Crippen molar-refractivity contribution in [3.8, 4) is 11.5 Å². The molecule has 2 fully saturated rings. The summed E-state index contributed by atoms with van der Waals surface area (Å²) in [5.41, 5.74) is 0.936. The van der Waals surface area contributed by atoms with Gasteiger partial charge in [-0.15, -0.1) is 0 Å². The number of hydrogen-bond donors (Lipinski definition) is 0. The summed E-state index contributed by atoms with van der Waals surface area (Å²) in [4.78, 5) is 29.0. The van der Waals surface area contributed by atoms with Crippen molar-refractivity contribution in [3.05, 3.63) is 23.8 Å². The third kappa shape index (κ3) is 3.23. The number of rotatable bonds is 3. The normalized spacial score (nSPS) is 27.9. The van der Waals surface area contributed by atoms with Crippen LogP contribution in [0.15, 0.2) is 18.2 Å². The number of hydrogen-bond acceptors (Lipinski definition) is 5. The number of likely N-dealkylation sites (tertiary alicyclic amines) is 1. The van der Waals surface area contributed by atoms with Gasteiger partial charge in [0.15, 0.2) is 11.5 Å². The van der Waals surface area contributed by atoms with Crippen LogP contribution in [-0.4, -0.2) is 59.7 Å². The maximum Gasteiger partial charge on any atom is 0.245 e. The van der Waals surface area contributed by atoms with Crippen LogP contribution in [0.25, 0.3) is 0 Å². The van der Waals surface area contributed by atoms with E-state index in [4.69, 9.17) is 14.2 Å². The Balaban J connectivity index is 1.49. The Morgan fingerprint density at radius 2 is 1.88 bits per heavy atom. The second-order valence-corrected chi connectivity index (χ2v) is 7.26. The van der Waals surface area contributed by atoms with Crippen molar-refractivity contribution < 1.29 is 23.8 Å². The van der Waals surface area contributed by atoms with E-state index in [1.165, 1.54) is 0 Å². The average molecular weight is 360 g/mol. The van der Waals surface area contributed by atoms with Crippen molar-refractivity contribution in [1.29, 1.82) is 0 Å². The lowest BCUT2D eigenvalue weighted by atomic mass is 10.1. The van der Waals surface area contributed by atoms with Crippen LogP contribution in [0, 0.1) is 0 Å². The summed E-state index contributed by atoms with van der Waals surface area (Å²) >= 11 is 0. The molecule has 3 aliphatic heterocycles. The van der Waals surface area contributed by atoms with E-state index in [1.54, 1.807) is 4.90 Å². The second kappa shape index (κ2) is 6.79. The van der Waals surface area contributed by atoms with Gasteiger partial charge in [-0.05, 0) is 38.0 Å². The summed E-state index contributed by atoms with van der Waals surface area (Å²) in [7, 11) is 0. The molecule has 0 radical (unpaired) electrons. The van der Waals surface area contributed by atoms with Crippen LogP contribution in [0.5, 0.6) is 11.5 Å². The Kier molecular flexibility index (Phi) is 4.48. The van der Waals surface area contributed by atoms with Gasteiger partial charge in [-0.1, -0.05) is 6.07 Å². The van der Waals surface area contributed by atoms with Crippen LogP contribution in [0.4, 0.5) is 0 Å². The van der Waals surface area contributed by atoms with Crippen LogP contribution in [-0.2, 0) is 20.9 Å². The van der Waals surface area contributed by atoms with E-state index in [1.807, 2.05) is 36.9 Å². The van der Waals surface area contributed by atoms with Crippen LogP contribution < -0.4 is 9.47 Å². The number of amides is 2. The highest BCUT2D eigenvalue weighted by Gasteiger charge is 2.40. The minimum absolute atomic E-state index is 0.0158. The Hall–Kier alpha value is -2.28. The summed E-state index contributed by atoms with van der Waals surface area (Å²) < 4.78 is 16.5. The van der Waals surface area contributed by atoms with E-state index in [0.717, 1.165) is 5.56 Å². The molecule has 7 heteroatoms. The van der Waals surface area contributed by atoms with Crippen molar-refractivity contribution in [2.75, 3.05) is 19.9 Å². The average Bonchev–Trinajstić information content (AvgIpc) is 3.20. The summed E-state index contributed by atoms with van der Waals surface area (Å²) in [6, 6.07) is 5.25. The predicted molar refractivity (Wildman–Crippen MR) is 92.7 cm³/mol. The lowest BCUT2D eigenvalue weighted by Gasteiger charge is -2.38. The van der Waals surface area contributed by atoms with Crippen LogP contribution >= 0.6 is 0 Å². The van der Waals surface area contributed by atoms with Crippen molar-refractivity contribution >= 4 is 11.8 Å². The second-order valence-electron chi connectivity index (χ2n) is 7.26. The minimum atomic E-state index is -0.398. The fraction of sp³-hybridized carbons (Fsp3) is 0.579. The van der Waals surface area contributed by atoms with Crippen molar-refractivity contribution in [1.82, 2.24) is 9.80 Å². The van der Waals surface area contributed by atoms with E-state index >= 15 is 0 Å². The molecule has 3 unspecified atom stereocenters. The maximum atomic E-state index is 13.1. The highest BCUT2D eigenvalue weighted by molar-refractivity contribution is 5.91. The zero-order valence-corrected chi connectivity index (χ0v) is 15.1. The van der Waals surface area contributed by atoms with E-state index in [0.29, 0.717) is 44.0 Å². The molecule has 7 nitrogen and oxygen atoms in total. The molecule has 2 amide bonds. The third-order valence-corrected chi connectivity index (χ3v) is 5.13.